The summed E-state index contributed by atoms with van der Waals surface area (Å²) in [7, 11) is 0. The van der Waals surface area contributed by atoms with Gasteiger partial charge in [0.2, 0.25) is 13.2 Å². The molecule has 10 nitrogen and oxygen atoms in total. The van der Waals surface area contributed by atoms with E-state index < -0.39 is 75.1 Å². The molecule has 12 heteroatoms. The van der Waals surface area contributed by atoms with Crippen LogP contribution in [-0.2, 0) is 0 Å². The van der Waals surface area contributed by atoms with Gasteiger partial charge in [-0.1, -0.05) is 59.6 Å². The van der Waals surface area contributed by atoms with Gasteiger partial charge >= 0.3 is 23.9 Å². The summed E-state index contributed by atoms with van der Waals surface area (Å²) in [6.45, 7) is 25.4. The van der Waals surface area contributed by atoms with Gasteiger partial charge in [-0.05, 0) is 229 Å². The highest BCUT2D eigenvalue weighted by molar-refractivity contribution is 6.33. The van der Waals surface area contributed by atoms with Crippen LogP contribution in [0.4, 0.5) is 0 Å². The normalized spacial score (nSPS) is 24.6. The van der Waals surface area contributed by atoms with Crippen LogP contribution in [-0.4, -0.2) is 44.3 Å². The van der Waals surface area contributed by atoms with Crippen LogP contribution in [0.25, 0.3) is 5.57 Å². The Balaban J connectivity index is 1.05. The van der Waals surface area contributed by atoms with Gasteiger partial charge < -0.3 is 29.9 Å². The second-order valence-electron chi connectivity index (χ2n) is 16.6. The van der Waals surface area contributed by atoms with E-state index in [0.29, 0.717) is 17.8 Å². The fourth-order valence-corrected chi connectivity index (χ4v) is 8.84. The quantitative estimate of drug-likeness (QED) is 0.0669. The first-order chi connectivity index (χ1) is 34.8. The number of carboxylic acid groups (broad SMARTS) is 4. The molecule has 0 heterocycles. The number of allylic oxidation sites excluding steroid dienone is 1. The largest absolute Gasteiger partial charge is 0.478 e. The molecule has 349 valence electrons. The third-order valence-corrected chi connectivity index (χ3v) is 12.4. The van der Waals surface area contributed by atoms with Crippen molar-refractivity contribution in [2.75, 3.05) is 0 Å². The molecule has 0 unspecified atom stereocenters. The molecule has 4 saturated carbocycles. The highest BCUT2D eigenvalue weighted by atomic mass is 35.5. The van der Waals surface area contributed by atoms with E-state index in [-0.39, 0.29) is 60.8 Å². The van der Waals surface area contributed by atoms with Gasteiger partial charge in [-0.15, -0.1) is 0 Å². The Morgan fingerprint density at radius 2 is 1.18 bits per heavy atom. The minimum atomic E-state index is -1.52. The topological polar surface area (TPSA) is 168 Å². The summed E-state index contributed by atoms with van der Waals surface area (Å²) < 4.78 is 11.2. The molecule has 0 bridgehead atoms. The number of carboxylic acids is 4. The summed E-state index contributed by atoms with van der Waals surface area (Å²) in [6, 6.07) is 16.4. The van der Waals surface area contributed by atoms with Crippen molar-refractivity contribution in [3.63, 3.8) is 0 Å². The fraction of sp³-hybridized carbons (Fsp3) is 0.115. The summed E-state index contributed by atoms with van der Waals surface area (Å²) in [5, 5.41) is 39.6. The van der Waals surface area contributed by atoms with Crippen molar-refractivity contribution in [3.05, 3.63) is 289 Å². The second kappa shape index (κ2) is 22.7. The van der Waals surface area contributed by atoms with Crippen LogP contribution in [0.3, 0.4) is 0 Å². The van der Waals surface area contributed by atoms with E-state index in [1.165, 1.54) is 60.7 Å². The van der Waals surface area contributed by atoms with Gasteiger partial charge in [0.25, 0.3) is 0 Å². The fourth-order valence-electron chi connectivity index (χ4n) is 8.32. The van der Waals surface area contributed by atoms with Gasteiger partial charge in [-0.2, -0.15) is 0 Å². The number of fused-ring (bicyclic) bond motifs is 5. The maximum atomic E-state index is 12.8. The molecular formula is C61H31Cl2O10. The molecule has 4 aliphatic rings. The van der Waals surface area contributed by atoms with Crippen molar-refractivity contribution in [2.24, 2.45) is 40.4 Å². The van der Waals surface area contributed by atoms with Crippen LogP contribution in [0.1, 0.15) is 63.7 Å². The van der Waals surface area contributed by atoms with E-state index in [1.54, 1.807) is 0 Å². The summed E-state index contributed by atoms with van der Waals surface area (Å²) in [4.78, 5) is 49.3. The van der Waals surface area contributed by atoms with E-state index >= 15 is 0 Å². The highest BCUT2D eigenvalue weighted by Crippen LogP contribution is 2.67. The Hall–Kier alpha value is -5.32. The second-order valence-corrected chi connectivity index (χ2v) is 17.5. The zero-order chi connectivity index (χ0) is 52.4. The Morgan fingerprint density at radius 3 is 1.71 bits per heavy atom. The van der Waals surface area contributed by atoms with Gasteiger partial charge in [-0.25, -0.2) is 19.2 Å². The number of carbonyl (C=O) groups is 4. The zero-order valence-electron chi connectivity index (χ0n) is 37.8. The molecule has 8 rings (SSSR count). The lowest BCUT2D eigenvalue weighted by Gasteiger charge is -2.59. The first-order valence-corrected chi connectivity index (χ1v) is 22.2. The maximum absolute atomic E-state index is 12.8. The number of hydrogen-bond donors (Lipinski definition) is 4. The third-order valence-electron chi connectivity index (χ3n) is 11.9. The third kappa shape index (κ3) is 11.4. The predicted molar refractivity (Wildman–Crippen MR) is 260 cm³/mol. The molecule has 0 amide bonds. The molecule has 0 saturated heterocycles. The summed E-state index contributed by atoms with van der Waals surface area (Å²) in [6.07, 6.45) is 46.6. The molecule has 4 aromatic rings. The molecule has 4 aliphatic carbocycles. The minimum Gasteiger partial charge on any atom is -0.478 e. The Kier molecular flexibility index (Phi) is 16.7. The van der Waals surface area contributed by atoms with Crippen LogP contribution in [0, 0.1) is 202 Å². The number of benzene rings is 4. The van der Waals surface area contributed by atoms with Crippen molar-refractivity contribution >= 4 is 52.7 Å². The van der Waals surface area contributed by atoms with E-state index in [9.17, 15) is 39.6 Å². The number of aromatic carboxylic acids is 4. The first-order valence-electron chi connectivity index (χ1n) is 21.5. The molecule has 41 radical (unpaired) electrons. The van der Waals surface area contributed by atoms with E-state index in [2.05, 4.69) is 144 Å². The lowest BCUT2D eigenvalue weighted by molar-refractivity contribution is 0.0681. The Bertz CT molecular complexity index is 2610. The molecule has 73 heavy (non-hydrogen) atoms. The maximum Gasteiger partial charge on any atom is 0.339 e. The summed E-state index contributed by atoms with van der Waals surface area (Å²) in [5.74, 6) is -7.42. The number of ether oxygens (including phenoxy) is 2. The summed E-state index contributed by atoms with van der Waals surface area (Å²) in [5.41, 5.74) is -3.31. The number of rotatable bonds is 20. The predicted octanol–water partition coefficient (Wildman–Crippen LogP) is 10.1. The van der Waals surface area contributed by atoms with Crippen molar-refractivity contribution in [2.45, 2.75) is 0 Å². The standard InChI is InChI=1S/C61H31Cl2O10/c1-35(2)12-10-13-36(3)49-22-23-50-46-21-20-42-28-37(24-26-60(42,4)51(46)25-27-61(49,50)5)14-11-19-43(40-29-47(58(68)69)54(52(62)31-40)72-33-38-15-6-8-17-44(38)56(64)65)41-30-48(59(70)71)55(53(63)32-41)73-34-39-16-7-9-18-45(39)57(66)67/h6-9,15-18,29-32,37,46,49-51H,1-5H2,(H,64,65)(H,66,67)(H,68,69)(H,70,71)/t37-,46-,49+,50-,51-,60-,61+/m0/s1. The SMILES string of the molecule is [CH2][C]([CH2])[C][C][C][C]([CH2])[C@H]1[C][C][C@H]2[C@@H]3[C][C][C]4[C][C@@H]([C][C][C]=C(c5cc(Cl)c(O[C]c6ccccc6C(=O)O)c(C(=O)O)c5)c5cc(Cl)c(O[C]c6ccccc6C(=O)O)c(C(=O)O)c5)[C][C][C@]4([CH2])[C@H]3[C][C][C@]12[CH2]. The van der Waals surface area contributed by atoms with Gasteiger partial charge in [-0.3, -0.25) is 0 Å². The molecule has 4 N–H and O–H groups in total. The molecule has 0 spiro atoms. The van der Waals surface area contributed by atoms with Crippen molar-refractivity contribution in [1.82, 2.24) is 0 Å². The van der Waals surface area contributed by atoms with Crippen molar-refractivity contribution in [3.8, 4) is 11.5 Å². The van der Waals surface area contributed by atoms with E-state index in [4.69, 9.17) is 32.7 Å². The zero-order valence-corrected chi connectivity index (χ0v) is 39.4. The van der Waals surface area contributed by atoms with Crippen LogP contribution in [0.2, 0.25) is 10.0 Å². The van der Waals surface area contributed by atoms with Gasteiger partial charge in [0.1, 0.15) is 11.1 Å². The Labute approximate surface area is 440 Å². The first kappa shape index (κ1) is 54.0. The lowest BCUT2D eigenvalue weighted by atomic mass is 9.44. The molecule has 4 fully saturated rings. The highest BCUT2D eigenvalue weighted by Gasteiger charge is 2.62. The Morgan fingerprint density at radius 1 is 0.630 bits per heavy atom. The lowest BCUT2D eigenvalue weighted by Crippen LogP contribution is -2.54. The minimum absolute atomic E-state index is 0.00867. The van der Waals surface area contributed by atoms with Crippen molar-refractivity contribution < 1.29 is 49.1 Å². The molecule has 4 aromatic carbocycles. The molecule has 0 aromatic heterocycles. The van der Waals surface area contributed by atoms with Crippen molar-refractivity contribution in [1.29, 1.82) is 0 Å². The smallest absolute Gasteiger partial charge is 0.339 e. The average Bonchev–Trinajstić information content (AvgIpc) is 3.71. The summed E-state index contributed by atoms with van der Waals surface area (Å²) >= 11 is 13.4. The van der Waals surface area contributed by atoms with E-state index in [1.807, 2.05) is 0 Å². The van der Waals surface area contributed by atoms with Crippen LogP contribution < -0.4 is 9.47 Å². The average molecular weight is 995 g/mol. The monoisotopic (exact) mass is 993 g/mol. The van der Waals surface area contributed by atoms with Crippen LogP contribution in [0.15, 0.2) is 72.8 Å². The van der Waals surface area contributed by atoms with E-state index in [0.717, 1.165) is 12.1 Å². The van der Waals surface area contributed by atoms with Crippen LogP contribution in [0.5, 0.6) is 11.5 Å². The molecule has 0 aliphatic heterocycles. The van der Waals surface area contributed by atoms with Gasteiger partial charge in [0, 0.05) is 24.0 Å². The molecule has 7 atom stereocenters. The van der Waals surface area contributed by atoms with Gasteiger partial charge in [0.05, 0.1) is 21.2 Å². The number of hydrogen-bond acceptors (Lipinski definition) is 6. The van der Waals surface area contributed by atoms with Gasteiger partial charge in [0.15, 0.2) is 11.5 Å². The molecular weight excluding hydrogens is 964 g/mol. The van der Waals surface area contributed by atoms with Crippen LogP contribution >= 0.6 is 23.2 Å². The number of halogens is 2.